The Balaban J connectivity index is 1.85. The summed E-state index contributed by atoms with van der Waals surface area (Å²) in [5.41, 5.74) is 2.88. The van der Waals surface area contributed by atoms with Gasteiger partial charge in [-0.15, -0.1) is 0 Å². The van der Waals surface area contributed by atoms with Crippen molar-refractivity contribution in [3.05, 3.63) is 83.3 Å². The molecule has 29 heavy (non-hydrogen) atoms. The van der Waals surface area contributed by atoms with Gasteiger partial charge in [0.25, 0.3) is 0 Å². The van der Waals surface area contributed by atoms with Gasteiger partial charge in [-0.2, -0.15) is 0 Å². The van der Waals surface area contributed by atoms with Crippen LogP contribution < -0.4 is 0 Å². The summed E-state index contributed by atoms with van der Waals surface area (Å²) in [6, 6.07) is 13.1. The zero-order valence-corrected chi connectivity index (χ0v) is 16.3. The largest absolute Gasteiger partial charge is 0.481 e. The minimum atomic E-state index is -1.03. The van der Waals surface area contributed by atoms with E-state index in [1.807, 2.05) is 36.4 Å². The standard InChI is InChI=1S/C23H22N2O4/c1-15-19(22(26)27)21(18-10-12-24-13-11-18)20(16(2)25-15)23(28)29-14-6-9-17-7-4-3-5-8-17/h3-13,19,21H,14H2,1-2H3,(H,26,27). The maximum atomic E-state index is 12.9. The van der Waals surface area contributed by atoms with Crippen LogP contribution in [0, 0.1) is 5.92 Å². The molecule has 2 atom stereocenters. The molecule has 2 aromatic rings. The van der Waals surface area contributed by atoms with Gasteiger partial charge >= 0.3 is 11.9 Å². The number of aromatic nitrogens is 1. The van der Waals surface area contributed by atoms with E-state index in [9.17, 15) is 14.7 Å². The van der Waals surface area contributed by atoms with Crippen molar-refractivity contribution in [2.75, 3.05) is 6.61 Å². The molecule has 1 N–H and O–H groups in total. The molecular weight excluding hydrogens is 368 g/mol. The van der Waals surface area contributed by atoms with E-state index in [-0.39, 0.29) is 12.2 Å². The molecule has 0 bridgehead atoms. The molecule has 2 unspecified atom stereocenters. The smallest absolute Gasteiger partial charge is 0.336 e. The summed E-state index contributed by atoms with van der Waals surface area (Å²) in [5, 5.41) is 9.78. The number of aliphatic imine (C=N–C) groups is 1. The Labute approximate surface area is 169 Å². The Morgan fingerprint density at radius 2 is 1.79 bits per heavy atom. The maximum Gasteiger partial charge on any atom is 0.336 e. The third-order valence-electron chi connectivity index (χ3n) is 4.80. The van der Waals surface area contributed by atoms with Gasteiger partial charge in [-0.25, -0.2) is 4.79 Å². The predicted molar refractivity (Wildman–Crippen MR) is 110 cm³/mol. The van der Waals surface area contributed by atoms with Crippen molar-refractivity contribution in [2.45, 2.75) is 19.8 Å². The minimum absolute atomic E-state index is 0.0774. The van der Waals surface area contributed by atoms with Crippen molar-refractivity contribution in [1.82, 2.24) is 4.98 Å². The van der Waals surface area contributed by atoms with Crippen LogP contribution in [0.4, 0.5) is 0 Å². The van der Waals surface area contributed by atoms with Crippen LogP contribution in [-0.4, -0.2) is 34.3 Å². The lowest BCUT2D eigenvalue weighted by atomic mass is 9.76. The average Bonchev–Trinajstić information content (AvgIpc) is 2.71. The second kappa shape index (κ2) is 9.10. The fraction of sp³-hybridized carbons (Fsp3) is 0.217. The number of carbonyl (C=O) groups is 2. The first-order chi connectivity index (χ1) is 14.0. The number of aliphatic carboxylic acids is 1. The maximum absolute atomic E-state index is 12.9. The van der Waals surface area contributed by atoms with Crippen molar-refractivity contribution in [2.24, 2.45) is 10.9 Å². The molecule has 0 saturated heterocycles. The first-order valence-corrected chi connectivity index (χ1v) is 9.26. The van der Waals surface area contributed by atoms with E-state index in [4.69, 9.17) is 4.74 Å². The number of nitrogens with zero attached hydrogens (tertiary/aromatic N) is 2. The van der Waals surface area contributed by atoms with Gasteiger partial charge in [0.2, 0.25) is 0 Å². The van der Waals surface area contributed by atoms with Crippen LogP contribution in [-0.2, 0) is 14.3 Å². The summed E-state index contributed by atoms with van der Waals surface area (Å²) in [6.45, 7) is 3.45. The van der Waals surface area contributed by atoms with Crippen LogP contribution in [0.1, 0.15) is 30.9 Å². The van der Waals surface area contributed by atoms with Gasteiger partial charge in [0.05, 0.1) is 5.57 Å². The van der Waals surface area contributed by atoms with Crippen molar-refractivity contribution in [1.29, 1.82) is 0 Å². The molecule has 0 radical (unpaired) electrons. The number of hydrogen-bond acceptors (Lipinski definition) is 5. The lowest BCUT2D eigenvalue weighted by Gasteiger charge is -2.30. The Hall–Kier alpha value is -3.54. The quantitative estimate of drug-likeness (QED) is 0.757. The number of allylic oxidation sites excluding steroid dienone is 1. The summed E-state index contributed by atoms with van der Waals surface area (Å²) in [5.74, 6) is -3.22. The van der Waals surface area contributed by atoms with E-state index in [1.165, 1.54) is 0 Å². The Bertz CT molecular complexity index is 978. The SMILES string of the molecule is CC1=NC(C)=C(C(=O)OCC=Cc2ccccc2)C(c2ccncc2)C1C(=O)O. The first-order valence-electron chi connectivity index (χ1n) is 9.26. The number of carboxylic acids is 1. The summed E-state index contributed by atoms with van der Waals surface area (Å²) >= 11 is 0. The predicted octanol–water partition coefficient (Wildman–Crippen LogP) is 3.87. The van der Waals surface area contributed by atoms with E-state index in [0.717, 1.165) is 5.56 Å². The van der Waals surface area contributed by atoms with Gasteiger partial charge < -0.3 is 9.84 Å². The second-order valence-electron chi connectivity index (χ2n) is 6.74. The highest BCUT2D eigenvalue weighted by atomic mass is 16.5. The van der Waals surface area contributed by atoms with E-state index in [0.29, 0.717) is 17.0 Å². The van der Waals surface area contributed by atoms with Gasteiger partial charge in [0.15, 0.2) is 0 Å². The molecular formula is C23H22N2O4. The number of pyridine rings is 1. The number of rotatable bonds is 6. The topological polar surface area (TPSA) is 88.9 Å². The monoisotopic (exact) mass is 390 g/mol. The highest BCUT2D eigenvalue weighted by Gasteiger charge is 2.41. The summed E-state index contributed by atoms with van der Waals surface area (Å²) in [7, 11) is 0. The number of carboxylic acid groups (broad SMARTS) is 1. The normalized spacial score (nSPS) is 19.2. The van der Waals surface area contributed by atoms with Crippen LogP contribution >= 0.6 is 0 Å². The van der Waals surface area contributed by atoms with E-state index >= 15 is 0 Å². The summed E-state index contributed by atoms with van der Waals surface area (Å²) < 4.78 is 5.43. The molecule has 0 saturated carbocycles. The molecule has 1 aromatic heterocycles. The van der Waals surface area contributed by atoms with Crippen LogP contribution in [0.15, 0.2) is 77.2 Å². The number of benzene rings is 1. The molecule has 3 rings (SSSR count). The molecule has 0 fully saturated rings. The molecule has 6 nitrogen and oxygen atoms in total. The number of carbonyl (C=O) groups excluding carboxylic acids is 1. The van der Waals surface area contributed by atoms with Gasteiger partial charge in [0.1, 0.15) is 12.5 Å². The van der Waals surface area contributed by atoms with Crippen LogP contribution in [0.5, 0.6) is 0 Å². The van der Waals surface area contributed by atoms with Crippen LogP contribution in [0.2, 0.25) is 0 Å². The minimum Gasteiger partial charge on any atom is -0.481 e. The zero-order chi connectivity index (χ0) is 20.8. The second-order valence-corrected chi connectivity index (χ2v) is 6.74. The highest BCUT2D eigenvalue weighted by Crippen LogP contribution is 2.39. The molecule has 1 aliphatic heterocycles. The number of ether oxygens (including phenoxy) is 1. The molecule has 0 spiro atoms. The number of hydrogen-bond donors (Lipinski definition) is 1. The van der Waals surface area contributed by atoms with E-state index in [1.54, 1.807) is 44.4 Å². The van der Waals surface area contributed by atoms with Crippen molar-refractivity contribution in [3.63, 3.8) is 0 Å². The van der Waals surface area contributed by atoms with E-state index < -0.39 is 23.8 Å². The lowest BCUT2D eigenvalue weighted by molar-refractivity contribution is -0.140. The molecule has 6 heteroatoms. The van der Waals surface area contributed by atoms with E-state index in [2.05, 4.69) is 9.98 Å². The molecule has 148 valence electrons. The third-order valence-corrected chi connectivity index (χ3v) is 4.80. The fourth-order valence-corrected chi connectivity index (χ4v) is 3.50. The zero-order valence-electron chi connectivity index (χ0n) is 16.3. The van der Waals surface area contributed by atoms with Gasteiger partial charge in [-0.3, -0.25) is 14.8 Å². The first kappa shape index (κ1) is 20.2. The van der Waals surface area contributed by atoms with Crippen molar-refractivity contribution < 1.29 is 19.4 Å². The molecule has 0 amide bonds. The van der Waals surface area contributed by atoms with Crippen LogP contribution in [0.25, 0.3) is 6.08 Å². The Morgan fingerprint density at radius 3 is 2.45 bits per heavy atom. The van der Waals surface area contributed by atoms with Gasteiger partial charge in [0, 0.05) is 29.7 Å². The van der Waals surface area contributed by atoms with Crippen molar-refractivity contribution >= 4 is 23.7 Å². The summed E-state index contributed by atoms with van der Waals surface area (Å²) in [6.07, 6.45) is 6.76. The van der Waals surface area contributed by atoms with Crippen LogP contribution in [0.3, 0.4) is 0 Å². The molecule has 1 aliphatic rings. The fourth-order valence-electron chi connectivity index (χ4n) is 3.50. The molecule has 0 aliphatic carbocycles. The Morgan fingerprint density at radius 1 is 1.10 bits per heavy atom. The molecule has 1 aromatic carbocycles. The summed E-state index contributed by atoms with van der Waals surface area (Å²) in [4.78, 5) is 33.2. The Kier molecular flexibility index (Phi) is 6.34. The van der Waals surface area contributed by atoms with Gasteiger partial charge in [-0.1, -0.05) is 36.4 Å². The lowest BCUT2D eigenvalue weighted by Crippen LogP contribution is -2.35. The molecule has 2 heterocycles. The van der Waals surface area contributed by atoms with Gasteiger partial charge in [-0.05, 0) is 43.2 Å². The van der Waals surface area contributed by atoms with Crippen molar-refractivity contribution in [3.8, 4) is 0 Å². The highest BCUT2D eigenvalue weighted by molar-refractivity contribution is 6.06. The average molecular weight is 390 g/mol. The third kappa shape index (κ3) is 4.66. The number of esters is 1.